The summed E-state index contributed by atoms with van der Waals surface area (Å²) >= 11 is 0. The standard InChI is InChI=1S/C28H27N/c1-4-11-23-13-5-6-15-26(23)27-20-24(18-17-22(27)3)29-19-10-9-12-21(2)25-14-7-8-16-28(25)29/h5-10,12-20H,2,4,11H2,1,3H3/b12-9-,19-10-. The molecule has 0 fully saturated rings. The van der Waals surface area contributed by atoms with Gasteiger partial charge in [0.1, 0.15) is 0 Å². The molecule has 0 atom stereocenters. The molecule has 0 saturated carbocycles. The maximum atomic E-state index is 4.25. The lowest BCUT2D eigenvalue weighted by molar-refractivity contribution is 0.923. The molecule has 0 spiro atoms. The molecule has 0 aliphatic carbocycles. The number of benzene rings is 3. The molecule has 0 N–H and O–H groups in total. The van der Waals surface area contributed by atoms with E-state index in [4.69, 9.17) is 0 Å². The highest BCUT2D eigenvalue weighted by Crippen LogP contribution is 2.37. The largest absolute Gasteiger partial charge is 0.317 e. The van der Waals surface area contributed by atoms with Crippen LogP contribution < -0.4 is 4.90 Å². The number of hydrogen-bond acceptors (Lipinski definition) is 1. The van der Waals surface area contributed by atoms with E-state index < -0.39 is 0 Å². The summed E-state index contributed by atoms with van der Waals surface area (Å²) in [5, 5.41) is 0. The second-order valence-corrected chi connectivity index (χ2v) is 7.52. The van der Waals surface area contributed by atoms with Gasteiger partial charge in [-0.2, -0.15) is 0 Å². The monoisotopic (exact) mass is 377 g/mol. The van der Waals surface area contributed by atoms with Gasteiger partial charge in [-0.1, -0.05) is 80.6 Å². The summed E-state index contributed by atoms with van der Waals surface area (Å²) in [6.07, 6.45) is 10.6. The van der Waals surface area contributed by atoms with Crippen LogP contribution >= 0.6 is 0 Å². The summed E-state index contributed by atoms with van der Waals surface area (Å²) in [5.74, 6) is 0. The van der Waals surface area contributed by atoms with Crippen molar-refractivity contribution in [2.24, 2.45) is 0 Å². The van der Waals surface area contributed by atoms with E-state index in [1.54, 1.807) is 0 Å². The lowest BCUT2D eigenvalue weighted by atomic mass is 9.93. The van der Waals surface area contributed by atoms with E-state index in [1.807, 2.05) is 0 Å². The minimum atomic E-state index is 1.02. The van der Waals surface area contributed by atoms with Crippen LogP contribution in [-0.4, -0.2) is 0 Å². The van der Waals surface area contributed by atoms with E-state index in [0.717, 1.165) is 35.4 Å². The predicted octanol–water partition coefficient (Wildman–Crippen LogP) is 7.85. The Balaban J connectivity index is 1.86. The lowest BCUT2D eigenvalue weighted by Crippen LogP contribution is -2.11. The maximum Gasteiger partial charge on any atom is 0.0533 e. The van der Waals surface area contributed by atoms with Crippen molar-refractivity contribution in [2.75, 3.05) is 4.90 Å². The van der Waals surface area contributed by atoms with Crippen LogP contribution in [0.25, 0.3) is 16.7 Å². The number of rotatable bonds is 4. The number of nitrogens with zero attached hydrogens (tertiary/aromatic N) is 1. The van der Waals surface area contributed by atoms with Crippen LogP contribution in [0.4, 0.5) is 11.4 Å². The van der Waals surface area contributed by atoms with Crippen molar-refractivity contribution in [1.82, 2.24) is 0 Å². The number of aryl methyl sites for hydroxylation is 2. The molecule has 0 amide bonds. The van der Waals surface area contributed by atoms with E-state index in [9.17, 15) is 0 Å². The highest BCUT2D eigenvalue weighted by atomic mass is 15.1. The zero-order valence-corrected chi connectivity index (χ0v) is 17.2. The van der Waals surface area contributed by atoms with Gasteiger partial charge in [0, 0.05) is 17.5 Å². The molecule has 0 bridgehead atoms. The zero-order chi connectivity index (χ0) is 20.2. The highest BCUT2D eigenvalue weighted by molar-refractivity contribution is 5.86. The van der Waals surface area contributed by atoms with E-state index in [0.29, 0.717) is 0 Å². The molecule has 144 valence electrons. The van der Waals surface area contributed by atoms with E-state index in [1.165, 1.54) is 22.3 Å². The van der Waals surface area contributed by atoms with Gasteiger partial charge in [-0.3, -0.25) is 0 Å². The Morgan fingerprint density at radius 3 is 2.41 bits per heavy atom. The fourth-order valence-corrected chi connectivity index (χ4v) is 3.98. The zero-order valence-electron chi connectivity index (χ0n) is 17.2. The summed E-state index contributed by atoms with van der Waals surface area (Å²) in [6.45, 7) is 8.69. The van der Waals surface area contributed by atoms with Gasteiger partial charge < -0.3 is 4.90 Å². The Labute approximate surface area is 174 Å². The Morgan fingerprint density at radius 2 is 1.59 bits per heavy atom. The van der Waals surface area contributed by atoms with Crippen LogP contribution in [0.3, 0.4) is 0 Å². The smallest absolute Gasteiger partial charge is 0.0533 e. The first-order valence-electron chi connectivity index (χ1n) is 10.3. The summed E-state index contributed by atoms with van der Waals surface area (Å²) in [4.78, 5) is 2.26. The molecular weight excluding hydrogens is 350 g/mol. The number of allylic oxidation sites excluding steroid dienone is 4. The van der Waals surface area contributed by atoms with Crippen LogP contribution in [0.15, 0.2) is 97.7 Å². The molecule has 0 radical (unpaired) electrons. The molecule has 29 heavy (non-hydrogen) atoms. The third-order valence-electron chi connectivity index (χ3n) is 5.48. The topological polar surface area (TPSA) is 3.24 Å². The summed E-state index contributed by atoms with van der Waals surface area (Å²) in [5.41, 5.74) is 9.83. The molecule has 1 heteroatoms. The first-order chi connectivity index (χ1) is 14.2. The van der Waals surface area contributed by atoms with Crippen molar-refractivity contribution in [3.8, 4) is 11.1 Å². The average Bonchev–Trinajstić information content (AvgIpc) is 2.74. The van der Waals surface area contributed by atoms with Crippen LogP contribution in [0.2, 0.25) is 0 Å². The molecule has 0 aromatic heterocycles. The molecule has 0 unspecified atom stereocenters. The van der Waals surface area contributed by atoms with Gasteiger partial charge in [0.2, 0.25) is 0 Å². The summed E-state index contributed by atoms with van der Waals surface area (Å²) < 4.78 is 0. The fourth-order valence-electron chi connectivity index (χ4n) is 3.98. The number of para-hydroxylation sites is 1. The highest BCUT2D eigenvalue weighted by Gasteiger charge is 2.15. The van der Waals surface area contributed by atoms with Gasteiger partial charge in [0.05, 0.1) is 5.69 Å². The Morgan fingerprint density at radius 1 is 0.828 bits per heavy atom. The Kier molecular flexibility index (Phi) is 5.48. The normalized spacial score (nSPS) is 15.4. The molecule has 1 nitrogen and oxygen atoms in total. The van der Waals surface area contributed by atoms with Crippen molar-refractivity contribution in [3.63, 3.8) is 0 Å². The first-order valence-corrected chi connectivity index (χ1v) is 10.3. The molecular formula is C28H27N. The van der Waals surface area contributed by atoms with Gasteiger partial charge in [-0.15, -0.1) is 0 Å². The van der Waals surface area contributed by atoms with Crippen molar-refractivity contribution < 1.29 is 0 Å². The van der Waals surface area contributed by atoms with Crippen molar-refractivity contribution in [3.05, 3.63) is 114 Å². The van der Waals surface area contributed by atoms with Crippen molar-refractivity contribution in [1.29, 1.82) is 0 Å². The van der Waals surface area contributed by atoms with Gasteiger partial charge in [0.15, 0.2) is 0 Å². The third-order valence-corrected chi connectivity index (χ3v) is 5.48. The van der Waals surface area contributed by atoms with Crippen molar-refractivity contribution in [2.45, 2.75) is 26.7 Å². The minimum absolute atomic E-state index is 1.02. The van der Waals surface area contributed by atoms with E-state index in [2.05, 4.69) is 116 Å². The number of anilines is 2. The second kappa shape index (κ2) is 8.36. The van der Waals surface area contributed by atoms with E-state index in [-0.39, 0.29) is 0 Å². The quantitative estimate of drug-likeness (QED) is 0.447. The lowest BCUT2D eigenvalue weighted by Gasteiger charge is -2.26. The maximum absolute atomic E-state index is 4.25. The molecule has 1 aliphatic heterocycles. The fraction of sp³-hybridized carbons (Fsp3) is 0.143. The van der Waals surface area contributed by atoms with Crippen LogP contribution in [0.1, 0.15) is 30.0 Å². The van der Waals surface area contributed by atoms with Gasteiger partial charge in [-0.05, 0) is 65.4 Å². The van der Waals surface area contributed by atoms with Crippen molar-refractivity contribution >= 4 is 16.9 Å². The first kappa shape index (κ1) is 19.0. The molecule has 1 aliphatic rings. The molecule has 0 saturated heterocycles. The predicted molar refractivity (Wildman–Crippen MR) is 127 cm³/mol. The average molecular weight is 378 g/mol. The summed E-state index contributed by atoms with van der Waals surface area (Å²) in [6, 6.07) is 24.0. The van der Waals surface area contributed by atoms with Crippen LogP contribution in [0.5, 0.6) is 0 Å². The molecule has 4 rings (SSSR count). The van der Waals surface area contributed by atoms with E-state index >= 15 is 0 Å². The molecule has 3 aromatic rings. The number of hydrogen-bond donors (Lipinski definition) is 0. The Bertz CT molecular complexity index is 1100. The van der Waals surface area contributed by atoms with Gasteiger partial charge >= 0.3 is 0 Å². The van der Waals surface area contributed by atoms with Gasteiger partial charge in [0.25, 0.3) is 0 Å². The minimum Gasteiger partial charge on any atom is -0.317 e. The van der Waals surface area contributed by atoms with Crippen LogP contribution in [-0.2, 0) is 6.42 Å². The molecule has 3 aromatic carbocycles. The Hall–Kier alpha value is -3.32. The van der Waals surface area contributed by atoms with Gasteiger partial charge in [-0.25, -0.2) is 0 Å². The second-order valence-electron chi connectivity index (χ2n) is 7.52. The third kappa shape index (κ3) is 3.82. The number of fused-ring (bicyclic) bond motifs is 1. The SMILES string of the molecule is C=C1/C=C\C=C/N(c2ccc(C)c(-c3ccccc3CCC)c2)c2ccccc21. The molecule has 1 heterocycles. The summed E-state index contributed by atoms with van der Waals surface area (Å²) in [7, 11) is 0. The van der Waals surface area contributed by atoms with Crippen LogP contribution in [0, 0.1) is 6.92 Å².